The predicted octanol–water partition coefficient (Wildman–Crippen LogP) is 11.0. The normalized spacial score (nSPS) is 12.1. The molecule has 0 saturated heterocycles. The molecular weight excluding hydrogens is 590 g/mol. The number of rotatable bonds is 6. The molecule has 0 N–H and O–H groups in total. The Morgan fingerprint density at radius 3 is 1.92 bits per heavy atom. The summed E-state index contributed by atoms with van der Waals surface area (Å²) in [6.07, 6.45) is 7.88. The third-order valence-corrected chi connectivity index (χ3v) is 9.61. The second-order valence-corrected chi connectivity index (χ2v) is 13.2. The van der Waals surface area contributed by atoms with Crippen molar-refractivity contribution in [3.8, 4) is 23.1 Å². The number of pyridine rings is 1. The van der Waals surface area contributed by atoms with Crippen LogP contribution in [-0.2, 0) is 0 Å². The molecule has 0 fully saturated rings. The van der Waals surface area contributed by atoms with E-state index in [1.165, 1.54) is 27.6 Å². The van der Waals surface area contributed by atoms with E-state index in [-0.39, 0.29) is 0 Å². The number of ether oxygens (including phenoxy) is 1. The van der Waals surface area contributed by atoms with E-state index in [0.717, 1.165) is 55.8 Å². The molecular formula is C42H35N5O. The third kappa shape index (κ3) is 4.26. The number of benzene rings is 5. The van der Waals surface area contributed by atoms with Gasteiger partial charge in [0, 0.05) is 52.4 Å². The smallest absolute Gasteiger partial charge is 0.219 e. The fourth-order valence-electron chi connectivity index (χ4n) is 7.41. The van der Waals surface area contributed by atoms with Crippen LogP contribution in [0.15, 0.2) is 128 Å². The van der Waals surface area contributed by atoms with Crippen molar-refractivity contribution in [2.45, 2.75) is 39.5 Å². The highest BCUT2D eigenvalue weighted by Gasteiger charge is 2.22. The van der Waals surface area contributed by atoms with Gasteiger partial charge in [-0.1, -0.05) is 82.3 Å². The zero-order valence-corrected chi connectivity index (χ0v) is 27.4. The van der Waals surface area contributed by atoms with Gasteiger partial charge in [-0.25, -0.2) is 9.97 Å². The molecule has 9 aromatic rings. The summed E-state index contributed by atoms with van der Waals surface area (Å²) in [4.78, 5) is 9.72. The molecule has 0 unspecified atom stereocenters. The highest BCUT2D eigenvalue weighted by atomic mass is 16.5. The molecule has 0 spiro atoms. The Morgan fingerprint density at radius 2 is 1.17 bits per heavy atom. The van der Waals surface area contributed by atoms with Crippen molar-refractivity contribution in [2.24, 2.45) is 0 Å². The van der Waals surface area contributed by atoms with Crippen molar-refractivity contribution in [2.75, 3.05) is 0 Å². The molecule has 0 aliphatic heterocycles. The molecule has 0 amide bonds. The van der Waals surface area contributed by atoms with Gasteiger partial charge in [0.15, 0.2) is 0 Å². The number of nitrogens with zero attached hydrogens (tertiary/aromatic N) is 5. The summed E-state index contributed by atoms with van der Waals surface area (Å²) in [5.74, 6) is 3.09. The lowest BCUT2D eigenvalue weighted by atomic mass is 9.92. The summed E-state index contributed by atoms with van der Waals surface area (Å²) >= 11 is 0. The molecule has 48 heavy (non-hydrogen) atoms. The summed E-state index contributed by atoms with van der Waals surface area (Å²) in [6, 6.07) is 36.4. The average molecular weight is 626 g/mol. The van der Waals surface area contributed by atoms with Crippen molar-refractivity contribution >= 4 is 49.1 Å². The van der Waals surface area contributed by atoms with E-state index in [1.807, 2.05) is 18.6 Å². The van der Waals surface area contributed by atoms with Crippen molar-refractivity contribution in [3.05, 3.63) is 139 Å². The van der Waals surface area contributed by atoms with Crippen LogP contribution in [0.2, 0.25) is 0 Å². The number of fused-ring (bicyclic) bond motifs is 9. The first-order valence-electron chi connectivity index (χ1n) is 16.6. The van der Waals surface area contributed by atoms with Gasteiger partial charge < -0.3 is 4.74 Å². The molecule has 0 atom stereocenters. The second kappa shape index (κ2) is 10.8. The van der Waals surface area contributed by atoms with Gasteiger partial charge in [-0.3, -0.25) is 13.5 Å². The van der Waals surface area contributed by atoms with E-state index in [4.69, 9.17) is 14.7 Å². The van der Waals surface area contributed by atoms with E-state index in [2.05, 4.69) is 151 Å². The van der Waals surface area contributed by atoms with E-state index >= 15 is 0 Å². The van der Waals surface area contributed by atoms with E-state index in [9.17, 15) is 0 Å². The van der Waals surface area contributed by atoms with Crippen LogP contribution in [-0.4, -0.2) is 23.5 Å². The first-order chi connectivity index (χ1) is 23.5. The topological polar surface area (TPSA) is 49.3 Å². The molecule has 0 saturated carbocycles. The van der Waals surface area contributed by atoms with Gasteiger partial charge in [0.05, 0.1) is 22.2 Å². The quantitative estimate of drug-likeness (QED) is 0.173. The summed E-state index contributed by atoms with van der Waals surface area (Å²) in [5, 5.41) is 5.72. The minimum atomic E-state index is 0.357. The number of aromatic nitrogens is 5. The maximum Gasteiger partial charge on any atom is 0.219 e. The van der Waals surface area contributed by atoms with E-state index < -0.39 is 0 Å². The number of hydrogen-bond acceptors (Lipinski definition) is 3. The van der Waals surface area contributed by atoms with E-state index in [1.54, 1.807) is 0 Å². The van der Waals surface area contributed by atoms with Gasteiger partial charge in [0.1, 0.15) is 17.1 Å². The predicted molar refractivity (Wildman–Crippen MR) is 196 cm³/mol. The maximum absolute atomic E-state index is 6.64. The van der Waals surface area contributed by atoms with Crippen LogP contribution in [0, 0.1) is 0 Å². The number of para-hydroxylation sites is 3. The fraction of sp³-hybridized carbons (Fsp3) is 0.143. The monoisotopic (exact) mass is 625 g/mol. The largest absolute Gasteiger partial charge is 0.457 e. The maximum atomic E-state index is 6.64. The number of hydrogen-bond donors (Lipinski definition) is 0. The Kier molecular flexibility index (Phi) is 6.41. The van der Waals surface area contributed by atoms with Crippen LogP contribution < -0.4 is 4.74 Å². The van der Waals surface area contributed by atoms with Crippen LogP contribution in [0.1, 0.15) is 50.7 Å². The van der Waals surface area contributed by atoms with E-state index in [0.29, 0.717) is 11.8 Å². The van der Waals surface area contributed by atoms with Crippen LogP contribution in [0.5, 0.6) is 11.5 Å². The van der Waals surface area contributed by atoms with Crippen molar-refractivity contribution in [3.63, 3.8) is 0 Å². The molecule has 6 nitrogen and oxygen atoms in total. The van der Waals surface area contributed by atoms with Crippen LogP contribution in [0.25, 0.3) is 60.8 Å². The van der Waals surface area contributed by atoms with Gasteiger partial charge in [0.25, 0.3) is 0 Å². The Bertz CT molecular complexity index is 2650. The Hall–Kier alpha value is -5.88. The highest BCUT2D eigenvalue weighted by molar-refractivity contribution is 6.12. The Balaban J connectivity index is 1.22. The third-order valence-electron chi connectivity index (χ3n) is 9.61. The van der Waals surface area contributed by atoms with Crippen LogP contribution in [0.4, 0.5) is 0 Å². The molecule has 6 heteroatoms. The molecule has 5 aromatic carbocycles. The van der Waals surface area contributed by atoms with Gasteiger partial charge in [0.2, 0.25) is 5.95 Å². The molecule has 0 aliphatic rings. The first kappa shape index (κ1) is 28.4. The Morgan fingerprint density at radius 1 is 0.542 bits per heavy atom. The van der Waals surface area contributed by atoms with Crippen LogP contribution >= 0.6 is 0 Å². The second-order valence-electron chi connectivity index (χ2n) is 13.2. The number of imidazole rings is 2. The Labute approximate surface area is 278 Å². The molecule has 234 valence electrons. The molecule has 0 aliphatic carbocycles. The standard InChI is InChI=1S/C42H35N5O/c1-26(2)30-12-9-13-31(27(3)4)40(30)46-23-21-44-42(46)47-38-15-8-6-11-34(38)35-19-17-29(25-39(35)47)48-28-16-18-32-33-10-5-7-14-37(33)45-22-20-43-41(45)36(32)24-28/h5-27H,1-4H3. The minimum absolute atomic E-state index is 0.357. The molecule has 4 heterocycles. The summed E-state index contributed by atoms with van der Waals surface area (Å²) in [6.45, 7) is 9.04. The summed E-state index contributed by atoms with van der Waals surface area (Å²) < 4.78 is 13.3. The minimum Gasteiger partial charge on any atom is -0.457 e. The fourth-order valence-corrected chi connectivity index (χ4v) is 7.41. The van der Waals surface area contributed by atoms with Gasteiger partial charge in [-0.05, 0) is 70.8 Å². The van der Waals surface area contributed by atoms with Crippen molar-refractivity contribution in [1.82, 2.24) is 23.5 Å². The van der Waals surface area contributed by atoms with Gasteiger partial charge in [-0.2, -0.15) is 0 Å². The summed E-state index contributed by atoms with van der Waals surface area (Å²) in [7, 11) is 0. The molecule has 4 aromatic heterocycles. The zero-order chi connectivity index (χ0) is 32.5. The SMILES string of the molecule is CC(C)c1cccc(C(C)C)c1-n1ccnc1-n1c2ccccc2c2ccc(Oc3ccc4c5ccccc5n5ccnc5c4c3)cc21. The van der Waals surface area contributed by atoms with Gasteiger partial charge in [-0.15, -0.1) is 0 Å². The van der Waals surface area contributed by atoms with Crippen molar-refractivity contribution in [1.29, 1.82) is 0 Å². The lowest BCUT2D eigenvalue weighted by Gasteiger charge is -2.22. The zero-order valence-electron chi connectivity index (χ0n) is 27.4. The lowest BCUT2D eigenvalue weighted by molar-refractivity contribution is 0.484. The summed E-state index contributed by atoms with van der Waals surface area (Å²) in [5.41, 5.74) is 8.02. The van der Waals surface area contributed by atoms with Crippen LogP contribution in [0.3, 0.4) is 0 Å². The first-order valence-corrected chi connectivity index (χ1v) is 16.6. The average Bonchev–Trinajstić information content (AvgIpc) is 3.86. The molecule has 9 rings (SSSR count). The van der Waals surface area contributed by atoms with Crippen molar-refractivity contribution < 1.29 is 4.74 Å². The lowest BCUT2D eigenvalue weighted by Crippen LogP contribution is -2.11. The van der Waals surface area contributed by atoms with Gasteiger partial charge >= 0.3 is 0 Å². The molecule has 0 bridgehead atoms. The highest BCUT2D eigenvalue weighted by Crippen LogP contribution is 2.39. The molecule has 0 radical (unpaired) electrons.